The van der Waals surface area contributed by atoms with Gasteiger partial charge in [0, 0.05) is 27.6 Å². The summed E-state index contributed by atoms with van der Waals surface area (Å²) in [5.41, 5.74) is 3.50. The third kappa shape index (κ3) is 3.35. The van der Waals surface area contributed by atoms with Crippen LogP contribution in [0.3, 0.4) is 0 Å². The average molecular weight is 448 g/mol. The van der Waals surface area contributed by atoms with Crippen LogP contribution >= 0.6 is 34.8 Å². The van der Waals surface area contributed by atoms with Crippen LogP contribution in [0.25, 0.3) is 0 Å². The Morgan fingerprint density at radius 1 is 0.931 bits per heavy atom. The molecule has 2 aliphatic heterocycles. The zero-order valence-corrected chi connectivity index (χ0v) is 17.2. The highest BCUT2D eigenvalue weighted by Crippen LogP contribution is 2.50. The number of nitrogens with zero attached hydrogens (tertiary/aromatic N) is 2. The number of benzene rings is 3. The summed E-state index contributed by atoms with van der Waals surface area (Å²) in [5.74, 6) is 0.323. The van der Waals surface area contributed by atoms with E-state index in [-0.39, 0.29) is 11.9 Å². The molecule has 0 spiro atoms. The Kier molecular flexibility index (Phi) is 4.66. The van der Waals surface area contributed by atoms with Gasteiger partial charge in [-0.2, -0.15) is 5.10 Å². The molecule has 3 aromatic carbocycles. The van der Waals surface area contributed by atoms with E-state index < -0.39 is 6.23 Å². The van der Waals surface area contributed by atoms with E-state index in [9.17, 15) is 4.39 Å². The fourth-order valence-corrected chi connectivity index (χ4v) is 4.46. The molecule has 146 valence electrons. The second kappa shape index (κ2) is 7.21. The fraction of sp³-hybridized carbons (Fsp3) is 0.136. The van der Waals surface area contributed by atoms with Crippen LogP contribution in [0.5, 0.6) is 5.75 Å². The summed E-state index contributed by atoms with van der Waals surface area (Å²) in [4.78, 5) is 0. The zero-order valence-electron chi connectivity index (χ0n) is 14.9. The zero-order chi connectivity index (χ0) is 20.1. The van der Waals surface area contributed by atoms with Crippen molar-refractivity contribution in [3.05, 3.63) is 98.2 Å². The first kappa shape index (κ1) is 18.7. The number of ether oxygens (including phenoxy) is 1. The Morgan fingerprint density at radius 2 is 1.66 bits per heavy atom. The maximum absolute atomic E-state index is 13.4. The van der Waals surface area contributed by atoms with Gasteiger partial charge in [-0.1, -0.05) is 59.1 Å². The molecule has 0 bridgehead atoms. The molecule has 2 heterocycles. The molecular weight excluding hydrogens is 434 g/mol. The van der Waals surface area contributed by atoms with E-state index >= 15 is 0 Å². The van der Waals surface area contributed by atoms with Crippen LogP contribution in [0.4, 0.5) is 4.39 Å². The Hall–Kier alpha value is -2.27. The second-order valence-corrected chi connectivity index (χ2v) is 8.26. The predicted molar refractivity (Wildman–Crippen MR) is 113 cm³/mol. The molecule has 7 heteroatoms. The Labute approximate surface area is 182 Å². The first-order valence-corrected chi connectivity index (χ1v) is 10.2. The average Bonchev–Trinajstić information content (AvgIpc) is 3.14. The van der Waals surface area contributed by atoms with E-state index in [1.54, 1.807) is 18.2 Å². The van der Waals surface area contributed by atoms with E-state index in [0.717, 1.165) is 22.4 Å². The fourth-order valence-electron chi connectivity index (χ4n) is 3.78. The van der Waals surface area contributed by atoms with Crippen molar-refractivity contribution in [2.24, 2.45) is 5.10 Å². The third-order valence-corrected chi connectivity index (χ3v) is 5.89. The van der Waals surface area contributed by atoms with Gasteiger partial charge in [0.05, 0.1) is 16.8 Å². The lowest BCUT2D eigenvalue weighted by atomic mass is 9.96. The molecule has 0 N–H and O–H groups in total. The minimum atomic E-state index is -0.471. The maximum Gasteiger partial charge on any atom is 0.213 e. The Morgan fingerprint density at radius 3 is 2.38 bits per heavy atom. The monoisotopic (exact) mass is 446 g/mol. The molecule has 0 radical (unpaired) electrons. The van der Waals surface area contributed by atoms with Crippen LogP contribution in [0.15, 0.2) is 65.8 Å². The molecule has 5 rings (SSSR count). The summed E-state index contributed by atoms with van der Waals surface area (Å²) in [6.45, 7) is 0. The summed E-state index contributed by atoms with van der Waals surface area (Å²) in [6.07, 6.45) is 0.157. The Balaban J connectivity index is 1.62. The molecule has 0 fully saturated rings. The van der Waals surface area contributed by atoms with Crippen LogP contribution < -0.4 is 4.74 Å². The van der Waals surface area contributed by atoms with Gasteiger partial charge in [-0.25, -0.2) is 9.40 Å². The van der Waals surface area contributed by atoms with Crippen LogP contribution in [0.1, 0.15) is 35.4 Å². The van der Waals surface area contributed by atoms with Crippen molar-refractivity contribution in [1.29, 1.82) is 0 Å². The summed E-state index contributed by atoms with van der Waals surface area (Å²) in [5, 5.41) is 8.39. The summed E-state index contributed by atoms with van der Waals surface area (Å²) < 4.78 is 19.6. The van der Waals surface area contributed by atoms with E-state index in [1.165, 1.54) is 12.1 Å². The summed E-state index contributed by atoms with van der Waals surface area (Å²) in [7, 11) is 0. The van der Waals surface area contributed by atoms with Crippen molar-refractivity contribution in [2.45, 2.75) is 18.7 Å². The minimum absolute atomic E-state index is 0.101. The van der Waals surface area contributed by atoms with Gasteiger partial charge in [-0.15, -0.1) is 0 Å². The largest absolute Gasteiger partial charge is 0.463 e. The SMILES string of the molecule is Fc1ccc(C2=NN3[C@H](C2)c2cc(Cl)cc(Cl)c2O[C@@H]3c2ccc(Cl)cc2)cc1. The molecule has 3 aromatic rings. The molecule has 0 saturated heterocycles. The molecule has 0 amide bonds. The molecule has 2 atom stereocenters. The van der Waals surface area contributed by atoms with Crippen LogP contribution in [-0.4, -0.2) is 10.7 Å². The smallest absolute Gasteiger partial charge is 0.213 e. The predicted octanol–water partition coefficient (Wildman–Crippen LogP) is 7.03. The third-order valence-electron chi connectivity index (χ3n) is 5.14. The molecule has 0 aliphatic carbocycles. The molecule has 3 nitrogen and oxygen atoms in total. The first-order valence-electron chi connectivity index (χ1n) is 9.02. The van der Waals surface area contributed by atoms with Crippen molar-refractivity contribution in [3.8, 4) is 5.75 Å². The van der Waals surface area contributed by atoms with Crippen molar-refractivity contribution in [2.75, 3.05) is 0 Å². The van der Waals surface area contributed by atoms with Crippen LogP contribution in [-0.2, 0) is 0 Å². The highest BCUT2D eigenvalue weighted by molar-refractivity contribution is 6.35. The first-order chi connectivity index (χ1) is 14.0. The van der Waals surface area contributed by atoms with Gasteiger partial charge in [-0.05, 0) is 42.0 Å². The van der Waals surface area contributed by atoms with E-state index in [0.29, 0.717) is 27.2 Å². The highest BCUT2D eigenvalue weighted by Gasteiger charge is 2.42. The lowest BCUT2D eigenvalue weighted by Crippen LogP contribution is -2.33. The van der Waals surface area contributed by atoms with Gasteiger partial charge in [0.15, 0.2) is 0 Å². The van der Waals surface area contributed by atoms with Crippen molar-refractivity contribution < 1.29 is 9.13 Å². The van der Waals surface area contributed by atoms with Gasteiger partial charge < -0.3 is 4.74 Å². The molecule has 2 aliphatic rings. The Bertz CT molecular complexity index is 1120. The standard InChI is InChI=1S/C22H14Cl3FN2O/c23-14-5-1-13(2-6-14)22-28-20(17-9-15(24)10-18(25)21(17)29-22)11-19(27-28)12-3-7-16(26)8-4-12/h1-10,20,22H,11H2/t20-,22-/m1/s1. The van der Waals surface area contributed by atoms with Crippen molar-refractivity contribution in [1.82, 2.24) is 5.01 Å². The number of hydrogen-bond donors (Lipinski definition) is 0. The van der Waals surface area contributed by atoms with Crippen molar-refractivity contribution in [3.63, 3.8) is 0 Å². The molecule has 29 heavy (non-hydrogen) atoms. The minimum Gasteiger partial charge on any atom is -0.463 e. The van der Waals surface area contributed by atoms with Crippen LogP contribution in [0.2, 0.25) is 15.1 Å². The quantitative estimate of drug-likeness (QED) is 0.421. The van der Waals surface area contributed by atoms with Crippen LogP contribution in [0, 0.1) is 5.82 Å². The number of halogens is 4. The van der Waals surface area contributed by atoms with Gasteiger partial charge in [-0.3, -0.25) is 0 Å². The van der Waals surface area contributed by atoms with Gasteiger partial charge in [0.1, 0.15) is 11.6 Å². The van der Waals surface area contributed by atoms with Gasteiger partial charge in [0.25, 0.3) is 0 Å². The number of rotatable bonds is 2. The lowest BCUT2D eigenvalue weighted by Gasteiger charge is -2.38. The second-order valence-electron chi connectivity index (χ2n) is 6.98. The van der Waals surface area contributed by atoms with E-state index in [4.69, 9.17) is 44.6 Å². The molecule has 0 saturated carbocycles. The van der Waals surface area contributed by atoms with Crippen molar-refractivity contribution >= 4 is 40.5 Å². The maximum atomic E-state index is 13.4. The van der Waals surface area contributed by atoms with Gasteiger partial charge >= 0.3 is 0 Å². The topological polar surface area (TPSA) is 24.8 Å². The van der Waals surface area contributed by atoms with E-state index in [2.05, 4.69) is 0 Å². The number of hydrogen-bond acceptors (Lipinski definition) is 3. The molecular formula is C22H14Cl3FN2O. The number of hydrazone groups is 1. The lowest BCUT2D eigenvalue weighted by molar-refractivity contribution is -0.0189. The van der Waals surface area contributed by atoms with E-state index in [1.807, 2.05) is 35.3 Å². The summed E-state index contributed by atoms with van der Waals surface area (Å²) in [6, 6.07) is 17.2. The number of fused-ring (bicyclic) bond motifs is 3. The summed E-state index contributed by atoms with van der Waals surface area (Å²) >= 11 is 18.8. The van der Waals surface area contributed by atoms with Gasteiger partial charge in [0.2, 0.25) is 6.23 Å². The molecule has 0 unspecified atom stereocenters. The normalized spacial score (nSPS) is 20.0. The highest BCUT2D eigenvalue weighted by atomic mass is 35.5. The molecule has 0 aromatic heterocycles.